The minimum atomic E-state index is 0.395. The molecule has 0 spiro atoms. The molecule has 2 rings (SSSR count). The number of hydrogen-bond acceptors (Lipinski definition) is 4. The second-order valence-electron chi connectivity index (χ2n) is 3.01. The SMILES string of the molecule is Cn1cc(COc2cncc(Br)c2)nn1. The maximum Gasteiger partial charge on any atom is 0.139 e. The molecule has 15 heavy (non-hydrogen) atoms. The van der Waals surface area contributed by atoms with Gasteiger partial charge in [0.2, 0.25) is 0 Å². The van der Waals surface area contributed by atoms with Crippen molar-refractivity contribution in [2.24, 2.45) is 7.05 Å². The Kier molecular flexibility index (Phi) is 2.96. The van der Waals surface area contributed by atoms with Crippen molar-refractivity contribution >= 4 is 15.9 Å². The summed E-state index contributed by atoms with van der Waals surface area (Å²) in [6.07, 6.45) is 5.17. The molecule has 0 N–H and O–H groups in total. The van der Waals surface area contributed by atoms with Crippen LogP contribution in [0.15, 0.2) is 29.1 Å². The zero-order chi connectivity index (χ0) is 10.7. The van der Waals surface area contributed by atoms with E-state index in [1.165, 1.54) is 0 Å². The van der Waals surface area contributed by atoms with Crippen LogP contribution in [0.3, 0.4) is 0 Å². The summed E-state index contributed by atoms with van der Waals surface area (Å²) in [6, 6.07) is 1.85. The van der Waals surface area contributed by atoms with E-state index in [4.69, 9.17) is 4.74 Å². The fourth-order valence-corrected chi connectivity index (χ4v) is 1.43. The van der Waals surface area contributed by atoms with Gasteiger partial charge in [0.25, 0.3) is 0 Å². The first-order valence-corrected chi connectivity index (χ1v) is 5.12. The molecular formula is C9H9BrN4O. The minimum Gasteiger partial charge on any atom is -0.486 e. The molecular weight excluding hydrogens is 260 g/mol. The van der Waals surface area contributed by atoms with E-state index in [9.17, 15) is 0 Å². The van der Waals surface area contributed by atoms with Crippen LogP contribution in [-0.2, 0) is 13.7 Å². The number of nitrogens with zero attached hydrogens (tertiary/aromatic N) is 4. The summed E-state index contributed by atoms with van der Waals surface area (Å²) in [6.45, 7) is 0.395. The largest absolute Gasteiger partial charge is 0.486 e. The van der Waals surface area contributed by atoms with Crippen molar-refractivity contribution in [1.29, 1.82) is 0 Å². The average molecular weight is 269 g/mol. The summed E-state index contributed by atoms with van der Waals surface area (Å²) in [5.41, 5.74) is 0.789. The summed E-state index contributed by atoms with van der Waals surface area (Å²) >= 11 is 3.32. The van der Waals surface area contributed by atoms with E-state index in [1.807, 2.05) is 19.3 Å². The first kappa shape index (κ1) is 10.1. The van der Waals surface area contributed by atoms with Crippen molar-refractivity contribution < 1.29 is 4.74 Å². The molecule has 0 aliphatic heterocycles. The van der Waals surface area contributed by atoms with Gasteiger partial charge in [-0.2, -0.15) is 0 Å². The van der Waals surface area contributed by atoms with Gasteiger partial charge in [-0.25, -0.2) is 0 Å². The minimum absolute atomic E-state index is 0.395. The van der Waals surface area contributed by atoms with Gasteiger partial charge in [-0.1, -0.05) is 5.21 Å². The monoisotopic (exact) mass is 268 g/mol. The zero-order valence-corrected chi connectivity index (χ0v) is 9.68. The molecule has 0 unspecified atom stereocenters. The summed E-state index contributed by atoms with van der Waals surface area (Å²) < 4.78 is 8.00. The standard InChI is InChI=1S/C9H9BrN4O/c1-14-5-8(12-13-14)6-15-9-2-7(10)3-11-4-9/h2-5H,6H2,1H3. The Morgan fingerprint density at radius 3 is 3.00 bits per heavy atom. The molecule has 2 heterocycles. The second kappa shape index (κ2) is 4.39. The van der Waals surface area contributed by atoms with E-state index in [2.05, 4.69) is 31.2 Å². The van der Waals surface area contributed by atoms with E-state index >= 15 is 0 Å². The Morgan fingerprint density at radius 2 is 2.33 bits per heavy atom. The molecule has 0 saturated carbocycles. The molecule has 2 aromatic rings. The van der Waals surface area contributed by atoms with E-state index < -0.39 is 0 Å². The van der Waals surface area contributed by atoms with Crippen molar-refractivity contribution in [3.8, 4) is 5.75 Å². The van der Waals surface area contributed by atoms with Crippen molar-refractivity contribution in [2.45, 2.75) is 6.61 Å². The Balaban J connectivity index is 1.99. The van der Waals surface area contributed by atoms with Crippen molar-refractivity contribution in [2.75, 3.05) is 0 Å². The lowest BCUT2D eigenvalue weighted by Gasteiger charge is -2.02. The Hall–Kier alpha value is -1.43. The molecule has 5 nitrogen and oxygen atoms in total. The lowest BCUT2D eigenvalue weighted by Crippen LogP contribution is -1.96. The van der Waals surface area contributed by atoms with Crippen LogP contribution in [0.1, 0.15) is 5.69 Å². The molecule has 0 atom stereocenters. The topological polar surface area (TPSA) is 52.8 Å². The quantitative estimate of drug-likeness (QED) is 0.848. The van der Waals surface area contributed by atoms with Crippen LogP contribution in [0.5, 0.6) is 5.75 Å². The molecule has 0 amide bonds. The van der Waals surface area contributed by atoms with Crippen molar-refractivity contribution in [3.63, 3.8) is 0 Å². The fourth-order valence-electron chi connectivity index (χ4n) is 1.09. The van der Waals surface area contributed by atoms with Crippen LogP contribution >= 0.6 is 15.9 Å². The van der Waals surface area contributed by atoms with Gasteiger partial charge in [0.1, 0.15) is 18.1 Å². The highest BCUT2D eigenvalue weighted by molar-refractivity contribution is 9.10. The molecule has 6 heteroatoms. The highest BCUT2D eigenvalue weighted by Gasteiger charge is 2.00. The Morgan fingerprint density at radius 1 is 1.47 bits per heavy atom. The van der Waals surface area contributed by atoms with Crippen molar-refractivity contribution in [3.05, 3.63) is 34.8 Å². The molecule has 0 bridgehead atoms. The number of aryl methyl sites for hydroxylation is 1. The van der Waals surface area contributed by atoms with Gasteiger partial charge in [0.05, 0.1) is 12.4 Å². The lowest BCUT2D eigenvalue weighted by molar-refractivity contribution is 0.299. The third-order valence-corrected chi connectivity index (χ3v) is 2.15. The predicted molar refractivity (Wildman–Crippen MR) is 57.3 cm³/mol. The van der Waals surface area contributed by atoms with Crippen LogP contribution < -0.4 is 4.74 Å². The Bertz CT molecular complexity index is 457. The first-order chi connectivity index (χ1) is 7.24. The smallest absolute Gasteiger partial charge is 0.139 e. The summed E-state index contributed by atoms with van der Waals surface area (Å²) in [7, 11) is 1.82. The van der Waals surface area contributed by atoms with Gasteiger partial charge < -0.3 is 4.74 Å². The predicted octanol–water partition coefficient (Wildman–Crippen LogP) is 1.55. The molecule has 0 radical (unpaired) electrons. The van der Waals surface area contributed by atoms with Gasteiger partial charge in [-0.15, -0.1) is 5.10 Å². The molecule has 0 aliphatic rings. The third kappa shape index (κ3) is 2.76. The summed E-state index contributed by atoms with van der Waals surface area (Å²) in [5.74, 6) is 0.704. The normalized spacial score (nSPS) is 10.3. The number of aromatic nitrogens is 4. The Labute approximate surface area is 95.2 Å². The highest BCUT2D eigenvalue weighted by atomic mass is 79.9. The highest BCUT2D eigenvalue weighted by Crippen LogP contribution is 2.16. The molecule has 2 aromatic heterocycles. The number of halogens is 1. The van der Waals surface area contributed by atoms with E-state index in [0.29, 0.717) is 12.4 Å². The van der Waals surface area contributed by atoms with Crippen LogP contribution in [0.25, 0.3) is 0 Å². The zero-order valence-electron chi connectivity index (χ0n) is 8.09. The van der Waals surface area contributed by atoms with Crippen LogP contribution in [0.2, 0.25) is 0 Å². The molecule has 0 fully saturated rings. The fraction of sp³-hybridized carbons (Fsp3) is 0.222. The number of pyridine rings is 1. The molecule has 0 aliphatic carbocycles. The van der Waals surface area contributed by atoms with Crippen LogP contribution in [-0.4, -0.2) is 20.0 Å². The first-order valence-electron chi connectivity index (χ1n) is 4.32. The second-order valence-corrected chi connectivity index (χ2v) is 3.93. The van der Waals surface area contributed by atoms with Gasteiger partial charge in [-0.3, -0.25) is 9.67 Å². The number of rotatable bonds is 3. The number of hydrogen-bond donors (Lipinski definition) is 0. The maximum atomic E-state index is 5.48. The molecule has 78 valence electrons. The van der Waals surface area contributed by atoms with Gasteiger partial charge in [0.15, 0.2) is 0 Å². The maximum absolute atomic E-state index is 5.48. The number of ether oxygens (including phenoxy) is 1. The third-order valence-electron chi connectivity index (χ3n) is 1.72. The molecule has 0 saturated heterocycles. The van der Waals surface area contributed by atoms with Gasteiger partial charge >= 0.3 is 0 Å². The lowest BCUT2D eigenvalue weighted by atomic mass is 10.4. The summed E-state index contributed by atoms with van der Waals surface area (Å²) in [4.78, 5) is 3.99. The average Bonchev–Trinajstić information content (AvgIpc) is 2.62. The van der Waals surface area contributed by atoms with E-state index in [1.54, 1.807) is 17.1 Å². The van der Waals surface area contributed by atoms with E-state index in [-0.39, 0.29) is 0 Å². The molecule has 0 aromatic carbocycles. The van der Waals surface area contributed by atoms with Crippen molar-refractivity contribution in [1.82, 2.24) is 20.0 Å². The van der Waals surface area contributed by atoms with Gasteiger partial charge in [-0.05, 0) is 22.0 Å². The van der Waals surface area contributed by atoms with Gasteiger partial charge in [0, 0.05) is 17.7 Å². The summed E-state index contributed by atoms with van der Waals surface area (Å²) in [5, 5.41) is 7.72. The van der Waals surface area contributed by atoms with E-state index in [0.717, 1.165) is 10.2 Å². The van der Waals surface area contributed by atoms with Crippen LogP contribution in [0.4, 0.5) is 0 Å². The van der Waals surface area contributed by atoms with Crippen LogP contribution in [0, 0.1) is 0 Å².